The van der Waals surface area contributed by atoms with Crippen LogP contribution in [0.3, 0.4) is 0 Å². The van der Waals surface area contributed by atoms with Crippen molar-refractivity contribution in [3.05, 3.63) is 109 Å². The van der Waals surface area contributed by atoms with Crippen molar-refractivity contribution >= 4 is 58.1 Å². The maximum Gasteiger partial charge on any atom is 0.256 e. The van der Waals surface area contributed by atoms with Crippen molar-refractivity contribution in [3.63, 3.8) is 0 Å². The first kappa shape index (κ1) is 25.4. The van der Waals surface area contributed by atoms with E-state index in [0.29, 0.717) is 33.8 Å². The number of amides is 1. The van der Waals surface area contributed by atoms with Crippen LogP contribution in [0.1, 0.15) is 32.6 Å². The van der Waals surface area contributed by atoms with E-state index < -0.39 is 0 Å². The lowest BCUT2D eigenvalue weighted by Gasteiger charge is -2.10. The van der Waals surface area contributed by atoms with Gasteiger partial charge in [-0.2, -0.15) is 5.10 Å². The number of benzene rings is 3. The van der Waals surface area contributed by atoms with E-state index in [1.807, 2.05) is 38.1 Å². The number of halogens is 4. The van der Waals surface area contributed by atoms with E-state index in [1.165, 1.54) is 0 Å². The Bertz CT molecular complexity index is 1340. The number of ether oxygens (including phenoxy) is 1. The van der Waals surface area contributed by atoms with Gasteiger partial charge in [0.05, 0.1) is 6.54 Å². The fourth-order valence-corrected chi connectivity index (χ4v) is 4.32. The van der Waals surface area contributed by atoms with Gasteiger partial charge in [0, 0.05) is 32.4 Å². The summed E-state index contributed by atoms with van der Waals surface area (Å²) in [5, 5.41) is 9.21. The Hall–Kier alpha value is -2.70. The largest absolute Gasteiger partial charge is 0.489 e. The molecule has 0 spiro atoms. The zero-order chi connectivity index (χ0) is 25.1. The van der Waals surface area contributed by atoms with Gasteiger partial charge in [0.25, 0.3) is 5.91 Å². The smallest absolute Gasteiger partial charge is 0.256 e. The average Bonchev–Trinajstić information content (AvgIpc) is 3.17. The van der Waals surface area contributed by atoms with E-state index in [9.17, 15) is 4.79 Å². The Balaban J connectivity index is 1.39. The number of rotatable bonds is 7. The van der Waals surface area contributed by atoms with Crippen LogP contribution in [-0.2, 0) is 13.2 Å². The summed E-state index contributed by atoms with van der Waals surface area (Å²) >= 11 is 25.0. The molecular formula is C26H21Cl4N3O2. The maximum absolute atomic E-state index is 12.7. The SMILES string of the molecule is Cc1cc(OCc2ccc(C(=O)Nc3nn(Cc4c(Cl)cccc4Cl)cc3Cl)cc2)cc(C)c1Cl. The second kappa shape index (κ2) is 10.9. The lowest BCUT2D eigenvalue weighted by Crippen LogP contribution is -2.13. The van der Waals surface area contributed by atoms with E-state index in [-0.39, 0.29) is 11.7 Å². The molecule has 0 aliphatic heterocycles. The molecule has 0 saturated heterocycles. The zero-order valence-corrected chi connectivity index (χ0v) is 21.9. The lowest BCUT2D eigenvalue weighted by molar-refractivity contribution is 0.102. The number of carbonyl (C=O) groups is 1. The summed E-state index contributed by atoms with van der Waals surface area (Å²) in [5.74, 6) is 0.666. The van der Waals surface area contributed by atoms with Crippen LogP contribution in [0.2, 0.25) is 20.1 Å². The molecule has 0 saturated carbocycles. The third-order valence-corrected chi connectivity index (χ3v) is 6.94. The van der Waals surface area contributed by atoms with Crippen LogP contribution in [0, 0.1) is 13.8 Å². The number of hydrogen-bond donors (Lipinski definition) is 1. The minimum Gasteiger partial charge on any atom is -0.489 e. The van der Waals surface area contributed by atoms with Crippen molar-refractivity contribution in [1.82, 2.24) is 9.78 Å². The Kier molecular flexibility index (Phi) is 7.92. The second-order valence-corrected chi connectivity index (χ2v) is 9.63. The Morgan fingerprint density at radius 2 is 1.57 bits per heavy atom. The van der Waals surface area contributed by atoms with Crippen LogP contribution in [0.15, 0.2) is 60.8 Å². The topological polar surface area (TPSA) is 56.1 Å². The molecule has 1 amide bonds. The van der Waals surface area contributed by atoms with Crippen LogP contribution in [0.5, 0.6) is 5.75 Å². The van der Waals surface area contributed by atoms with Gasteiger partial charge in [0.1, 0.15) is 17.4 Å². The highest BCUT2D eigenvalue weighted by molar-refractivity contribution is 6.36. The van der Waals surface area contributed by atoms with E-state index in [4.69, 9.17) is 51.1 Å². The molecule has 1 heterocycles. The Morgan fingerprint density at radius 3 is 2.20 bits per heavy atom. The Morgan fingerprint density at radius 1 is 0.943 bits per heavy atom. The molecule has 0 unspecified atom stereocenters. The predicted octanol–water partition coefficient (Wildman–Crippen LogP) is 7.99. The summed E-state index contributed by atoms with van der Waals surface area (Å²) in [6, 6.07) is 16.2. The van der Waals surface area contributed by atoms with Crippen molar-refractivity contribution in [2.75, 3.05) is 5.32 Å². The van der Waals surface area contributed by atoms with Crippen LogP contribution >= 0.6 is 46.4 Å². The Labute approximate surface area is 223 Å². The molecule has 1 aromatic heterocycles. The first-order valence-corrected chi connectivity index (χ1v) is 12.2. The highest BCUT2D eigenvalue weighted by atomic mass is 35.5. The van der Waals surface area contributed by atoms with Gasteiger partial charge in [-0.3, -0.25) is 9.48 Å². The number of aromatic nitrogens is 2. The summed E-state index contributed by atoms with van der Waals surface area (Å²) in [7, 11) is 0. The average molecular weight is 549 g/mol. The maximum atomic E-state index is 12.7. The number of carbonyl (C=O) groups excluding carboxylic acids is 1. The number of nitrogens with one attached hydrogen (secondary N) is 1. The number of nitrogens with zero attached hydrogens (tertiary/aromatic N) is 2. The zero-order valence-electron chi connectivity index (χ0n) is 18.9. The molecule has 0 bridgehead atoms. The molecule has 1 N–H and O–H groups in total. The minimum atomic E-state index is -0.329. The highest BCUT2D eigenvalue weighted by Gasteiger charge is 2.14. The molecule has 0 radical (unpaired) electrons. The van der Waals surface area contributed by atoms with Crippen molar-refractivity contribution < 1.29 is 9.53 Å². The van der Waals surface area contributed by atoms with E-state index in [1.54, 1.807) is 41.2 Å². The van der Waals surface area contributed by atoms with Gasteiger partial charge in [-0.1, -0.05) is 64.6 Å². The fraction of sp³-hybridized carbons (Fsp3) is 0.154. The first-order chi connectivity index (χ1) is 16.7. The van der Waals surface area contributed by atoms with Crippen molar-refractivity contribution in [2.24, 2.45) is 0 Å². The summed E-state index contributed by atoms with van der Waals surface area (Å²) in [4.78, 5) is 12.7. The minimum absolute atomic E-state index is 0.251. The summed E-state index contributed by atoms with van der Waals surface area (Å²) in [5.41, 5.74) is 4.03. The number of hydrogen-bond acceptors (Lipinski definition) is 3. The van der Waals surface area contributed by atoms with Crippen molar-refractivity contribution in [3.8, 4) is 5.75 Å². The molecular weight excluding hydrogens is 528 g/mol. The van der Waals surface area contributed by atoms with Crippen LogP contribution in [0.25, 0.3) is 0 Å². The third kappa shape index (κ3) is 6.11. The first-order valence-electron chi connectivity index (χ1n) is 10.7. The number of aryl methyl sites for hydroxylation is 2. The molecule has 0 aliphatic carbocycles. The van der Waals surface area contributed by atoms with Gasteiger partial charge < -0.3 is 10.1 Å². The van der Waals surface area contributed by atoms with E-state index >= 15 is 0 Å². The lowest BCUT2D eigenvalue weighted by atomic mass is 10.1. The molecule has 4 aromatic rings. The highest BCUT2D eigenvalue weighted by Crippen LogP contribution is 2.28. The molecule has 3 aromatic carbocycles. The van der Waals surface area contributed by atoms with Gasteiger partial charge in [0.15, 0.2) is 5.82 Å². The van der Waals surface area contributed by atoms with Crippen LogP contribution < -0.4 is 10.1 Å². The summed E-state index contributed by atoms with van der Waals surface area (Å²) in [6.45, 7) is 4.56. The predicted molar refractivity (Wildman–Crippen MR) is 142 cm³/mol. The van der Waals surface area contributed by atoms with E-state index in [0.717, 1.165) is 33.0 Å². The quantitative estimate of drug-likeness (QED) is 0.254. The van der Waals surface area contributed by atoms with Gasteiger partial charge in [-0.25, -0.2) is 0 Å². The molecule has 9 heteroatoms. The van der Waals surface area contributed by atoms with Crippen LogP contribution in [-0.4, -0.2) is 15.7 Å². The molecule has 5 nitrogen and oxygen atoms in total. The third-order valence-electron chi connectivity index (χ3n) is 5.36. The normalized spacial score (nSPS) is 10.9. The van der Waals surface area contributed by atoms with E-state index in [2.05, 4.69) is 10.4 Å². The molecule has 180 valence electrons. The van der Waals surface area contributed by atoms with Gasteiger partial charge in [-0.15, -0.1) is 0 Å². The fourth-order valence-electron chi connectivity index (χ4n) is 3.50. The van der Waals surface area contributed by atoms with Crippen molar-refractivity contribution in [1.29, 1.82) is 0 Å². The monoisotopic (exact) mass is 547 g/mol. The number of anilines is 1. The summed E-state index contributed by atoms with van der Waals surface area (Å²) < 4.78 is 7.46. The van der Waals surface area contributed by atoms with Crippen LogP contribution in [0.4, 0.5) is 5.82 Å². The second-order valence-electron chi connectivity index (χ2n) is 8.03. The molecule has 35 heavy (non-hydrogen) atoms. The van der Waals surface area contributed by atoms with Gasteiger partial charge >= 0.3 is 0 Å². The molecule has 0 atom stereocenters. The van der Waals surface area contributed by atoms with Crippen molar-refractivity contribution in [2.45, 2.75) is 27.0 Å². The van der Waals surface area contributed by atoms with Gasteiger partial charge in [0.2, 0.25) is 0 Å². The molecule has 0 aliphatic rings. The molecule has 0 fully saturated rings. The summed E-state index contributed by atoms with van der Waals surface area (Å²) in [6.07, 6.45) is 1.61. The standard InChI is InChI=1S/C26H21Cl4N3O2/c1-15-10-19(11-16(2)24(15)30)35-14-17-6-8-18(9-7-17)26(34)31-25-23(29)13-33(32-25)12-20-21(27)4-3-5-22(20)28/h3-11,13H,12,14H2,1-2H3,(H,31,32,34). The van der Waals surface area contributed by atoms with Gasteiger partial charge in [-0.05, 0) is 66.9 Å². The molecule has 4 rings (SSSR count).